The second-order valence-corrected chi connectivity index (χ2v) is 5.35. The number of aryl methyl sites for hydroxylation is 1. The van der Waals surface area contributed by atoms with Crippen LogP contribution in [0, 0.1) is 0 Å². The van der Waals surface area contributed by atoms with E-state index in [0.29, 0.717) is 12.3 Å². The van der Waals surface area contributed by atoms with Crippen molar-refractivity contribution < 1.29 is 4.79 Å². The molecule has 0 aliphatic carbocycles. The van der Waals surface area contributed by atoms with Crippen molar-refractivity contribution in [3.05, 3.63) is 22.4 Å². The summed E-state index contributed by atoms with van der Waals surface area (Å²) in [7, 11) is 0. The summed E-state index contributed by atoms with van der Waals surface area (Å²) in [5.74, 6) is 0.324. The molecule has 0 saturated heterocycles. The van der Waals surface area contributed by atoms with E-state index in [4.69, 9.17) is 0 Å². The van der Waals surface area contributed by atoms with Gasteiger partial charge in [-0.15, -0.1) is 11.3 Å². The molecular formula is C14H23NOS. The Labute approximate surface area is 109 Å². The molecule has 0 aromatic carbocycles. The minimum atomic E-state index is 0.324. The van der Waals surface area contributed by atoms with Gasteiger partial charge in [0.25, 0.3) is 0 Å². The van der Waals surface area contributed by atoms with Crippen LogP contribution < -0.4 is 0 Å². The first-order valence-electron chi connectivity index (χ1n) is 6.58. The van der Waals surface area contributed by atoms with Crippen molar-refractivity contribution in [2.24, 2.45) is 0 Å². The highest BCUT2D eigenvalue weighted by atomic mass is 32.1. The zero-order chi connectivity index (χ0) is 12.5. The summed E-state index contributed by atoms with van der Waals surface area (Å²) in [5.41, 5.74) is 0. The molecule has 0 fully saturated rings. The third-order valence-corrected chi connectivity index (χ3v) is 3.67. The van der Waals surface area contributed by atoms with Gasteiger partial charge in [-0.2, -0.15) is 0 Å². The van der Waals surface area contributed by atoms with Gasteiger partial charge >= 0.3 is 0 Å². The van der Waals surface area contributed by atoms with Crippen molar-refractivity contribution in [2.75, 3.05) is 13.1 Å². The third-order valence-electron chi connectivity index (χ3n) is 2.73. The van der Waals surface area contributed by atoms with Crippen molar-refractivity contribution in [3.63, 3.8) is 0 Å². The molecule has 3 heteroatoms. The van der Waals surface area contributed by atoms with Gasteiger partial charge in [-0.05, 0) is 37.1 Å². The number of hydrogen-bond donors (Lipinski definition) is 0. The maximum Gasteiger partial charge on any atom is 0.222 e. The first-order chi connectivity index (χ1) is 8.27. The number of carbonyl (C=O) groups excluding carboxylic acids is 1. The van der Waals surface area contributed by atoms with Gasteiger partial charge in [0.2, 0.25) is 5.91 Å². The lowest BCUT2D eigenvalue weighted by atomic mass is 10.2. The minimum Gasteiger partial charge on any atom is -0.343 e. The molecule has 1 aromatic heterocycles. The summed E-state index contributed by atoms with van der Waals surface area (Å²) >= 11 is 1.78. The largest absolute Gasteiger partial charge is 0.343 e. The van der Waals surface area contributed by atoms with Crippen LogP contribution in [0.5, 0.6) is 0 Å². The highest BCUT2D eigenvalue weighted by Gasteiger charge is 2.10. The van der Waals surface area contributed by atoms with Crippen LogP contribution in [0.15, 0.2) is 17.5 Å². The average molecular weight is 253 g/mol. The van der Waals surface area contributed by atoms with Crippen molar-refractivity contribution in [1.29, 1.82) is 0 Å². The number of hydrogen-bond acceptors (Lipinski definition) is 2. The van der Waals surface area contributed by atoms with Crippen LogP contribution in [0.3, 0.4) is 0 Å². The van der Waals surface area contributed by atoms with Crippen LogP contribution in [-0.2, 0) is 11.2 Å². The number of amides is 1. The zero-order valence-electron chi connectivity index (χ0n) is 10.9. The maximum absolute atomic E-state index is 12.0. The molecule has 0 unspecified atom stereocenters. The molecule has 0 atom stereocenters. The van der Waals surface area contributed by atoms with E-state index < -0.39 is 0 Å². The smallest absolute Gasteiger partial charge is 0.222 e. The van der Waals surface area contributed by atoms with E-state index in [1.165, 1.54) is 4.88 Å². The number of thiophene rings is 1. The molecule has 1 heterocycles. The molecule has 0 aliphatic rings. The van der Waals surface area contributed by atoms with Gasteiger partial charge in [0, 0.05) is 24.4 Å². The van der Waals surface area contributed by atoms with E-state index in [0.717, 1.165) is 38.8 Å². The summed E-state index contributed by atoms with van der Waals surface area (Å²) < 4.78 is 0. The van der Waals surface area contributed by atoms with Crippen LogP contribution in [0.2, 0.25) is 0 Å². The molecule has 0 N–H and O–H groups in total. The van der Waals surface area contributed by atoms with Gasteiger partial charge in [-0.25, -0.2) is 0 Å². The lowest BCUT2D eigenvalue weighted by molar-refractivity contribution is -0.131. The molecule has 0 spiro atoms. The number of rotatable bonds is 8. The van der Waals surface area contributed by atoms with Crippen molar-refractivity contribution in [3.8, 4) is 0 Å². The van der Waals surface area contributed by atoms with Crippen molar-refractivity contribution >= 4 is 17.2 Å². The van der Waals surface area contributed by atoms with Gasteiger partial charge in [-0.1, -0.05) is 19.9 Å². The van der Waals surface area contributed by atoms with E-state index >= 15 is 0 Å². The van der Waals surface area contributed by atoms with Gasteiger partial charge in [0.1, 0.15) is 0 Å². The molecule has 0 bridgehead atoms. The fourth-order valence-corrected chi connectivity index (χ4v) is 2.68. The molecule has 0 aliphatic heterocycles. The summed E-state index contributed by atoms with van der Waals surface area (Å²) in [6, 6.07) is 4.22. The fraction of sp³-hybridized carbons (Fsp3) is 0.643. The molecule has 0 saturated carbocycles. The number of nitrogens with zero attached hydrogens (tertiary/aromatic N) is 1. The van der Waals surface area contributed by atoms with Crippen LogP contribution in [0.25, 0.3) is 0 Å². The van der Waals surface area contributed by atoms with Gasteiger partial charge < -0.3 is 4.90 Å². The molecular weight excluding hydrogens is 230 g/mol. The van der Waals surface area contributed by atoms with E-state index in [9.17, 15) is 4.79 Å². The van der Waals surface area contributed by atoms with E-state index in [-0.39, 0.29) is 0 Å². The average Bonchev–Trinajstić information content (AvgIpc) is 2.81. The minimum absolute atomic E-state index is 0.324. The normalized spacial score (nSPS) is 10.5. The topological polar surface area (TPSA) is 20.3 Å². The Morgan fingerprint density at radius 1 is 1.29 bits per heavy atom. The fourth-order valence-electron chi connectivity index (χ4n) is 1.93. The summed E-state index contributed by atoms with van der Waals surface area (Å²) in [6.07, 6.45) is 4.81. The Morgan fingerprint density at radius 3 is 2.53 bits per heavy atom. The summed E-state index contributed by atoms with van der Waals surface area (Å²) in [4.78, 5) is 15.4. The number of carbonyl (C=O) groups is 1. The highest BCUT2D eigenvalue weighted by molar-refractivity contribution is 7.09. The van der Waals surface area contributed by atoms with E-state index in [1.54, 1.807) is 11.3 Å². The molecule has 0 radical (unpaired) electrons. The molecule has 17 heavy (non-hydrogen) atoms. The molecule has 1 amide bonds. The highest BCUT2D eigenvalue weighted by Crippen LogP contribution is 2.12. The quantitative estimate of drug-likeness (QED) is 0.691. The molecule has 1 rings (SSSR count). The van der Waals surface area contributed by atoms with Gasteiger partial charge in [0.15, 0.2) is 0 Å². The lowest BCUT2D eigenvalue weighted by Gasteiger charge is -2.21. The second-order valence-electron chi connectivity index (χ2n) is 4.31. The Morgan fingerprint density at radius 2 is 2.00 bits per heavy atom. The van der Waals surface area contributed by atoms with E-state index in [1.807, 2.05) is 4.90 Å². The molecule has 96 valence electrons. The summed E-state index contributed by atoms with van der Waals surface area (Å²) in [5, 5.41) is 2.09. The van der Waals surface area contributed by atoms with Crippen LogP contribution in [0.4, 0.5) is 0 Å². The van der Waals surface area contributed by atoms with E-state index in [2.05, 4.69) is 31.4 Å². The van der Waals surface area contributed by atoms with Crippen molar-refractivity contribution in [2.45, 2.75) is 46.0 Å². The van der Waals surface area contributed by atoms with Crippen LogP contribution >= 0.6 is 11.3 Å². The predicted octanol–water partition coefficient (Wildman–Crippen LogP) is 3.72. The summed E-state index contributed by atoms with van der Waals surface area (Å²) in [6.45, 7) is 6.07. The maximum atomic E-state index is 12.0. The first kappa shape index (κ1) is 14.2. The molecule has 1 aromatic rings. The zero-order valence-corrected chi connectivity index (χ0v) is 11.8. The third kappa shape index (κ3) is 5.35. The Balaban J connectivity index is 2.26. The lowest BCUT2D eigenvalue weighted by Crippen LogP contribution is -2.32. The predicted molar refractivity (Wildman–Crippen MR) is 74.4 cm³/mol. The second kappa shape index (κ2) is 8.29. The van der Waals surface area contributed by atoms with Crippen LogP contribution in [0.1, 0.15) is 44.4 Å². The van der Waals surface area contributed by atoms with Gasteiger partial charge in [-0.3, -0.25) is 4.79 Å². The standard InChI is InChI=1S/C14H23NOS/c1-3-10-15(11-4-2)14(16)9-5-7-13-8-6-12-17-13/h6,8,12H,3-5,7,9-11H2,1-2H3. The first-order valence-corrected chi connectivity index (χ1v) is 7.46. The molecule has 2 nitrogen and oxygen atoms in total. The van der Waals surface area contributed by atoms with Gasteiger partial charge in [0.05, 0.1) is 0 Å². The van der Waals surface area contributed by atoms with Crippen LogP contribution in [-0.4, -0.2) is 23.9 Å². The SMILES string of the molecule is CCCN(CCC)C(=O)CCCc1cccs1. The Bertz CT molecular complexity index is 302. The monoisotopic (exact) mass is 253 g/mol. The Kier molecular flexibility index (Phi) is 6.94. The Hall–Kier alpha value is -0.830. The van der Waals surface area contributed by atoms with Crippen molar-refractivity contribution in [1.82, 2.24) is 4.90 Å².